The van der Waals surface area contributed by atoms with E-state index in [9.17, 15) is 0 Å². The second-order valence-corrected chi connectivity index (χ2v) is 30.2. The highest BCUT2D eigenvalue weighted by atomic mass is 15.0. The average Bonchev–Trinajstić information content (AvgIpc) is 1.55. The van der Waals surface area contributed by atoms with Crippen LogP contribution >= 0.6 is 0 Å². The summed E-state index contributed by atoms with van der Waals surface area (Å²) in [6.45, 7) is 4.70. The average molecular weight is 1480 g/mol. The molecule has 21 rings (SSSR count). The lowest BCUT2D eigenvalue weighted by molar-refractivity contribution is 0.661. The summed E-state index contributed by atoms with van der Waals surface area (Å²) in [6, 6.07) is 138. The van der Waals surface area contributed by atoms with Crippen molar-refractivity contribution in [3.63, 3.8) is 0 Å². The van der Waals surface area contributed by atoms with Gasteiger partial charge in [0.15, 0.2) is 34.9 Å². The van der Waals surface area contributed by atoms with Gasteiger partial charge in [-0.15, -0.1) is 0 Å². The van der Waals surface area contributed by atoms with Crippen LogP contribution in [0.2, 0.25) is 0 Å². The Morgan fingerprint density at radius 1 is 0.198 bits per heavy atom. The van der Waals surface area contributed by atoms with E-state index in [-0.39, 0.29) is 5.41 Å². The van der Waals surface area contributed by atoms with Gasteiger partial charge in [-0.2, -0.15) is 0 Å². The Bertz CT molecular complexity index is 6770. The standard InChI is InChI=1S/C57H38N4.C51H36N4/c1-4-13-43(14-5-1)54-59-55(61-56(60-54)45-32-28-42(29-33-45)47-15-12-36-58-38-47)44-30-26-40(27-31-44)39-22-24-41(25-23-39)46-34-35-51-50-20-10-11-21-52(50)57(53(51)37-46,48-16-6-2-7-17-48)49-18-8-3-9-19-49;1-51(2)45-29-27-37-9-6-7-13-43(37)47(45)44-28-26-41(31-46(44)51)35-16-14-33(15-17-35)34-18-22-39(23-19-34)49-53-48(38-10-4-3-5-11-38)54-50(55-49)40-24-20-36(21-25-40)42-12-8-30-52-32-42/h1-38H;3-32H,1-2H3. The lowest BCUT2D eigenvalue weighted by Gasteiger charge is -2.34. The third-order valence-electron chi connectivity index (χ3n) is 23.0. The second kappa shape index (κ2) is 29.8. The van der Waals surface area contributed by atoms with Crippen molar-refractivity contribution in [1.82, 2.24) is 39.9 Å². The van der Waals surface area contributed by atoms with Crippen LogP contribution in [0.25, 0.3) is 168 Å². The van der Waals surface area contributed by atoms with E-state index in [1.54, 1.807) is 12.4 Å². The first-order valence-corrected chi connectivity index (χ1v) is 39.3. The molecule has 0 bridgehead atoms. The second-order valence-electron chi connectivity index (χ2n) is 30.2. The van der Waals surface area contributed by atoms with Crippen molar-refractivity contribution in [2.45, 2.75) is 24.7 Å². The minimum Gasteiger partial charge on any atom is -0.264 e. The van der Waals surface area contributed by atoms with Gasteiger partial charge >= 0.3 is 0 Å². The Balaban J connectivity index is 0.000000150. The van der Waals surface area contributed by atoms with Crippen molar-refractivity contribution >= 4 is 10.8 Å². The van der Waals surface area contributed by atoms with Crippen LogP contribution in [0.4, 0.5) is 0 Å². The fraction of sp³-hybridized carbons (Fsp3) is 0.0370. The van der Waals surface area contributed by atoms with Gasteiger partial charge in [-0.3, -0.25) is 9.97 Å². The Kier molecular flexibility index (Phi) is 18.0. The number of fused-ring (bicyclic) bond motifs is 8. The van der Waals surface area contributed by atoms with Gasteiger partial charge in [-0.05, 0) is 157 Å². The molecule has 116 heavy (non-hydrogen) atoms. The summed E-state index contributed by atoms with van der Waals surface area (Å²) in [5, 5.41) is 2.62. The summed E-state index contributed by atoms with van der Waals surface area (Å²) in [4.78, 5) is 38.3. The number of aromatic nitrogens is 8. The van der Waals surface area contributed by atoms with E-state index >= 15 is 0 Å². The number of hydrogen-bond acceptors (Lipinski definition) is 8. The SMILES string of the molecule is CC1(C)c2cc(-c3ccc(-c4ccc(-c5nc(-c6ccccc6)nc(-c6ccc(-c7cccnc7)cc6)n5)cc4)cc3)ccc2-c2c1ccc1ccccc21.c1ccc(-c2nc(-c3ccc(-c4ccc(-c5ccc6c(c5)C(c5ccccc5)(c5ccccc5)c5ccccc5-6)cc4)cc3)nc(-c3ccc(-c4cccnc4)cc3)n2)cc1. The molecule has 0 unspecified atom stereocenters. The monoisotopic (exact) mass is 1480 g/mol. The molecule has 4 aromatic heterocycles. The van der Waals surface area contributed by atoms with Crippen molar-refractivity contribution in [3.05, 3.63) is 446 Å². The van der Waals surface area contributed by atoms with Crippen molar-refractivity contribution in [2.24, 2.45) is 0 Å². The Morgan fingerprint density at radius 3 is 0.905 bits per heavy atom. The van der Waals surface area contributed by atoms with Gasteiger partial charge < -0.3 is 0 Å². The zero-order valence-corrected chi connectivity index (χ0v) is 63.8. The summed E-state index contributed by atoms with van der Waals surface area (Å²) in [5.74, 6) is 3.80. The maximum atomic E-state index is 5.00. The van der Waals surface area contributed by atoms with Gasteiger partial charge in [0.2, 0.25) is 0 Å². The lowest BCUT2D eigenvalue weighted by atomic mass is 9.67. The maximum absolute atomic E-state index is 5.00. The number of pyridine rings is 2. The quantitative estimate of drug-likeness (QED) is 0.106. The molecule has 0 radical (unpaired) electrons. The first kappa shape index (κ1) is 70.0. The van der Waals surface area contributed by atoms with Crippen molar-refractivity contribution in [3.8, 4) is 157 Å². The summed E-state index contributed by atoms with van der Waals surface area (Å²) < 4.78 is 0. The van der Waals surface area contributed by atoms with Crippen LogP contribution in [-0.4, -0.2) is 39.9 Å². The summed E-state index contributed by atoms with van der Waals surface area (Å²) in [7, 11) is 0. The van der Waals surface area contributed by atoms with Gasteiger partial charge in [0.25, 0.3) is 0 Å². The van der Waals surface area contributed by atoms with Gasteiger partial charge in [0.1, 0.15) is 0 Å². The van der Waals surface area contributed by atoms with E-state index < -0.39 is 5.41 Å². The largest absolute Gasteiger partial charge is 0.264 e. The van der Waals surface area contributed by atoms with Gasteiger partial charge in [-0.25, -0.2) is 29.9 Å². The predicted octanol–water partition coefficient (Wildman–Crippen LogP) is 26.4. The summed E-state index contributed by atoms with van der Waals surface area (Å²) >= 11 is 0. The Hall–Kier alpha value is -15.1. The maximum Gasteiger partial charge on any atom is 0.164 e. The number of rotatable bonds is 14. The fourth-order valence-electron chi connectivity index (χ4n) is 17.0. The summed E-state index contributed by atoms with van der Waals surface area (Å²) in [5.41, 5.74) is 32.0. The van der Waals surface area contributed by atoms with E-state index in [2.05, 4.69) is 339 Å². The molecule has 0 amide bonds. The zero-order chi connectivity index (χ0) is 77.5. The molecule has 4 heterocycles. The van der Waals surface area contributed by atoms with Crippen LogP contribution < -0.4 is 0 Å². The molecule has 8 heteroatoms. The molecule has 546 valence electrons. The van der Waals surface area contributed by atoms with Crippen LogP contribution in [0.1, 0.15) is 47.2 Å². The smallest absolute Gasteiger partial charge is 0.164 e. The third-order valence-corrected chi connectivity index (χ3v) is 23.0. The van der Waals surface area contributed by atoms with Crippen LogP contribution in [-0.2, 0) is 10.8 Å². The van der Waals surface area contributed by atoms with Gasteiger partial charge in [0.05, 0.1) is 5.41 Å². The highest BCUT2D eigenvalue weighted by Crippen LogP contribution is 2.57. The molecule has 0 saturated carbocycles. The highest BCUT2D eigenvalue weighted by Gasteiger charge is 2.46. The Morgan fingerprint density at radius 2 is 0.500 bits per heavy atom. The molecule has 0 fully saturated rings. The van der Waals surface area contributed by atoms with E-state index in [1.165, 1.54) is 88.7 Å². The number of hydrogen-bond donors (Lipinski definition) is 0. The van der Waals surface area contributed by atoms with E-state index in [4.69, 9.17) is 29.9 Å². The minimum absolute atomic E-state index is 0.0710. The van der Waals surface area contributed by atoms with Gasteiger partial charge in [0, 0.05) is 63.6 Å². The van der Waals surface area contributed by atoms with Crippen LogP contribution in [0.5, 0.6) is 0 Å². The normalized spacial score (nSPS) is 12.5. The third kappa shape index (κ3) is 13.0. The van der Waals surface area contributed by atoms with Gasteiger partial charge in [-0.1, -0.05) is 378 Å². The molecule has 15 aromatic carbocycles. The molecule has 8 nitrogen and oxygen atoms in total. The molecule has 0 saturated heterocycles. The molecule has 2 aliphatic rings. The summed E-state index contributed by atoms with van der Waals surface area (Å²) in [6.07, 6.45) is 7.32. The first-order chi connectivity index (χ1) is 57.2. The lowest BCUT2D eigenvalue weighted by Crippen LogP contribution is -2.28. The fourth-order valence-corrected chi connectivity index (χ4v) is 17.0. The van der Waals surface area contributed by atoms with E-state index in [0.29, 0.717) is 34.9 Å². The molecule has 0 atom stereocenters. The first-order valence-electron chi connectivity index (χ1n) is 39.3. The highest BCUT2D eigenvalue weighted by molar-refractivity contribution is 6.03. The van der Waals surface area contributed by atoms with Crippen LogP contribution in [0, 0.1) is 0 Å². The molecule has 0 N–H and O–H groups in total. The molecule has 0 spiro atoms. The predicted molar refractivity (Wildman–Crippen MR) is 473 cm³/mol. The number of nitrogens with zero attached hydrogens (tertiary/aromatic N) is 8. The van der Waals surface area contributed by atoms with E-state index in [0.717, 1.165) is 77.9 Å². The van der Waals surface area contributed by atoms with Crippen molar-refractivity contribution < 1.29 is 0 Å². The molecular weight excluding hydrogens is 1410 g/mol. The molecule has 0 aliphatic heterocycles. The Labute approximate surface area is 674 Å². The molecule has 2 aliphatic carbocycles. The molecular formula is C108H74N8. The minimum atomic E-state index is -0.432. The molecule has 19 aromatic rings. The zero-order valence-electron chi connectivity index (χ0n) is 63.8. The number of benzene rings is 15. The van der Waals surface area contributed by atoms with Crippen molar-refractivity contribution in [2.75, 3.05) is 0 Å². The topological polar surface area (TPSA) is 103 Å². The van der Waals surface area contributed by atoms with Crippen molar-refractivity contribution in [1.29, 1.82) is 0 Å². The van der Waals surface area contributed by atoms with E-state index in [1.807, 2.05) is 85.2 Å². The van der Waals surface area contributed by atoms with Crippen LogP contribution in [0.3, 0.4) is 0 Å². The van der Waals surface area contributed by atoms with Crippen LogP contribution in [0.15, 0.2) is 413 Å².